The highest BCUT2D eigenvalue weighted by atomic mass is 32.2. The number of anilines is 1. The Bertz CT molecular complexity index is 1350. The Labute approximate surface area is 214 Å². The number of ether oxygens (including phenoxy) is 1. The van der Waals surface area contributed by atoms with E-state index in [1.54, 1.807) is 23.8 Å². The van der Waals surface area contributed by atoms with Crippen LogP contribution in [0, 0.1) is 0 Å². The third-order valence-corrected chi connectivity index (χ3v) is 8.23. The number of carbonyl (C=O) groups excluding carboxylic acids is 1. The molecule has 2 aliphatic rings. The SMILES string of the molecule is CCN1C(=O)/C(=C2/Sc3ccc(OC)cc3N2C)SC1=Nc1ccc(/C=C/c2ccccc2)cc1. The molecule has 1 amide bonds. The molecule has 5 rings (SSSR count). The molecule has 5 nitrogen and oxygen atoms in total. The minimum Gasteiger partial charge on any atom is -0.497 e. The van der Waals surface area contributed by atoms with Crippen molar-refractivity contribution in [2.75, 3.05) is 25.6 Å². The van der Waals surface area contributed by atoms with Crippen molar-refractivity contribution in [2.45, 2.75) is 11.8 Å². The number of aliphatic imine (C=N–C) groups is 1. The third kappa shape index (κ3) is 4.74. The quantitative estimate of drug-likeness (QED) is 0.283. The van der Waals surface area contributed by atoms with Gasteiger partial charge in [-0.1, -0.05) is 66.4 Å². The summed E-state index contributed by atoms with van der Waals surface area (Å²) in [6.45, 7) is 2.54. The first-order chi connectivity index (χ1) is 17.1. The number of fused-ring (bicyclic) bond motifs is 1. The van der Waals surface area contributed by atoms with E-state index in [9.17, 15) is 4.79 Å². The summed E-state index contributed by atoms with van der Waals surface area (Å²) in [7, 11) is 3.65. The molecule has 0 radical (unpaired) electrons. The van der Waals surface area contributed by atoms with Gasteiger partial charge in [0.25, 0.3) is 5.91 Å². The Morgan fingerprint density at radius 3 is 2.34 bits per heavy atom. The van der Waals surface area contributed by atoms with E-state index in [0.717, 1.165) is 38.2 Å². The van der Waals surface area contributed by atoms with E-state index in [2.05, 4.69) is 29.2 Å². The number of benzene rings is 3. The van der Waals surface area contributed by atoms with Gasteiger partial charge in [-0.15, -0.1) is 0 Å². The Balaban J connectivity index is 1.39. The number of methoxy groups -OCH3 is 1. The molecular weight excluding hydrogens is 474 g/mol. The van der Waals surface area contributed by atoms with E-state index in [-0.39, 0.29) is 5.91 Å². The van der Waals surface area contributed by atoms with Crippen LogP contribution in [0.25, 0.3) is 12.2 Å². The lowest BCUT2D eigenvalue weighted by atomic mass is 10.1. The van der Waals surface area contributed by atoms with Crippen molar-refractivity contribution in [1.82, 2.24) is 4.90 Å². The molecule has 3 aromatic carbocycles. The number of rotatable bonds is 5. The first-order valence-corrected chi connectivity index (χ1v) is 13.0. The van der Waals surface area contributed by atoms with Crippen molar-refractivity contribution in [2.24, 2.45) is 4.99 Å². The van der Waals surface area contributed by atoms with Gasteiger partial charge < -0.3 is 9.64 Å². The molecule has 0 aromatic heterocycles. The zero-order valence-electron chi connectivity index (χ0n) is 19.8. The van der Waals surface area contributed by atoms with Crippen LogP contribution in [0.5, 0.6) is 5.75 Å². The van der Waals surface area contributed by atoms with Crippen LogP contribution in [-0.2, 0) is 4.79 Å². The van der Waals surface area contributed by atoms with Crippen molar-refractivity contribution in [3.8, 4) is 5.75 Å². The number of hydrogen-bond donors (Lipinski definition) is 0. The van der Waals surface area contributed by atoms with Gasteiger partial charge in [-0.2, -0.15) is 0 Å². The molecule has 0 unspecified atom stereocenters. The Kier molecular flexibility index (Phi) is 6.70. The second-order valence-corrected chi connectivity index (χ2v) is 10.0. The maximum absolute atomic E-state index is 13.3. The molecule has 1 fully saturated rings. The molecule has 0 aliphatic carbocycles. The second-order valence-electron chi connectivity index (χ2n) is 8.01. The molecule has 0 N–H and O–H groups in total. The number of amides is 1. The van der Waals surface area contributed by atoms with Crippen LogP contribution in [0.2, 0.25) is 0 Å². The number of carbonyl (C=O) groups is 1. The molecule has 0 spiro atoms. The first-order valence-electron chi connectivity index (χ1n) is 11.3. The summed E-state index contributed by atoms with van der Waals surface area (Å²) >= 11 is 3.05. The molecular formula is C28H25N3O2S2. The van der Waals surface area contributed by atoms with E-state index in [1.807, 2.05) is 74.6 Å². The van der Waals surface area contributed by atoms with Crippen LogP contribution in [0.4, 0.5) is 11.4 Å². The normalized spacial score (nSPS) is 18.7. The predicted molar refractivity (Wildman–Crippen MR) is 148 cm³/mol. The monoisotopic (exact) mass is 499 g/mol. The zero-order valence-corrected chi connectivity index (χ0v) is 21.4. The van der Waals surface area contributed by atoms with Crippen molar-refractivity contribution in [1.29, 1.82) is 0 Å². The summed E-state index contributed by atoms with van der Waals surface area (Å²) in [5.74, 6) is 0.792. The Hall–Kier alpha value is -3.42. The number of hydrogen-bond acceptors (Lipinski definition) is 6. The summed E-state index contributed by atoms with van der Waals surface area (Å²) in [6, 6.07) is 24.3. The molecule has 0 saturated carbocycles. The van der Waals surface area contributed by atoms with Gasteiger partial charge in [0.1, 0.15) is 10.7 Å². The topological polar surface area (TPSA) is 45.1 Å². The maximum Gasteiger partial charge on any atom is 0.269 e. The zero-order chi connectivity index (χ0) is 24.4. The van der Waals surface area contributed by atoms with Crippen LogP contribution >= 0.6 is 23.5 Å². The van der Waals surface area contributed by atoms with Crippen molar-refractivity contribution in [3.05, 3.63) is 93.9 Å². The minimum absolute atomic E-state index is 0.00668. The highest BCUT2D eigenvalue weighted by molar-refractivity contribution is 8.19. The summed E-state index contributed by atoms with van der Waals surface area (Å²) in [5, 5.41) is 1.63. The fraction of sp³-hybridized carbons (Fsp3) is 0.143. The van der Waals surface area contributed by atoms with E-state index in [1.165, 1.54) is 11.8 Å². The predicted octanol–water partition coefficient (Wildman–Crippen LogP) is 6.86. The third-order valence-electron chi connectivity index (χ3n) is 5.80. The number of likely N-dealkylation sites (N-methyl/N-ethyl adjacent to an activating group) is 1. The fourth-order valence-electron chi connectivity index (χ4n) is 3.88. The lowest BCUT2D eigenvalue weighted by molar-refractivity contribution is -0.122. The molecule has 0 atom stereocenters. The average molecular weight is 500 g/mol. The number of amidine groups is 1. The Morgan fingerprint density at radius 1 is 0.943 bits per heavy atom. The fourth-order valence-corrected chi connectivity index (χ4v) is 6.26. The van der Waals surface area contributed by atoms with Gasteiger partial charge in [0.05, 0.1) is 23.5 Å². The van der Waals surface area contributed by atoms with Gasteiger partial charge in [0.2, 0.25) is 0 Å². The summed E-state index contributed by atoms with van der Waals surface area (Å²) in [5.41, 5.74) is 4.12. The molecule has 35 heavy (non-hydrogen) atoms. The van der Waals surface area contributed by atoms with Gasteiger partial charge in [0, 0.05) is 24.6 Å². The van der Waals surface area contributed by atoms with E-state index in [0.29, 0.717) is 16.6 Å². The van der Waals surface area contributed by atoms with Gasteiger partial charge in [-0.25, -0.2) is 4.99 Å². The van der Waals surface area contributed by atoms with E-state index >= 15 is 0 Å². The largest absolute Gasteiger partial charge is 0.497 e. The van der Waals surface area contributed by atoms with Crippen LogP contribution in [-0.4, -0.2) is 36.7 Å². The molecule has 3 aromatic rings. The Morgan fingerprint density at radius 2 is 1.66 bits per heavy atom. The lowest BCUT2D eigenvalue weighted by Crippen LogP contribution is -2.29. The molecule has 1 saturated heterocycles. The summed E-state index contributed by atoms with van der Waals surface area (Å²) < 4.78 is 5.38. The smallest absolute Gasteiger partial charge is 0.269 e. The number of nitrogens with zero attached hydrogens (tertiary/aromatic N) is 3. The lowest BCUT2D eigenvalue weighted by Gasteiger charge is -2.15. The van der Waals surface area contributed by atoms with Gasteiger partial charge in [-0.05, 0) is 54.1 Å². The van der Waals surface area contributed by atoms with Gasteiger partial charge in [-0.3, -0.25) is 9.69 Å². The van der Waals surface area contributed by atoms with Gasteiger partial charge >= 0.3 is 0 Å². The van der Waals surface area contributed by atoms with Crippen LogP contribution in [0.1, 0.15) is 18.1 Å². The first kappa shape index (κ1) is 23.3. The average Bonchev–Trinajstić information content (AvgIpc) is 3.39. The van der Waals surface area contributed by atoms with Crippen LogP contribution in [0.3, 0.4) is 0 Å². The summed E-state index contributed by atoms with van der Waals surface area (Å²) in [4.78, 5) is 23.8. The van der Waals surface area contributed by atoms with Crippen LogP contribution in [0.15, 0.2) is 92.6 Å². The second kappa shape index (κ2) is 10.1. The van der Waals surface area contributed by atoms with Crippen molar-refractivity contribution in [3.63, 3.8) is 0 Å². The van der Waals surface area contributed by atoms with E-state index in [4.69, 9.17) is 9.73 Å². The highest BCUT2D eigenvalue weighted by Gasteiger charge is 2.38. The molecule has 176 valence electrons. The van der Waals surface area contributed by atoms with Crippen molar-refractivity contribution >= 4 is 58.1 Å². The standard InChI is InChI=1S/C28H25N3O2S2/c1-4-31-26(32)25(27-30(2)23-18-22(33-3)16-17-24(23)34-27)35-28(31)29-21-14-12-20(13-15-21)11-10-19-8-6-5-7-9-19/h5-18H,4H2,1-3H3/b11-10+,27-25-,29-28?. The molecule has 2 heterocycles. The molecule has 0 bridgehead atoms. The highest BCUT2D eigenvalue weighted by Crippen LogP contribution is 2.51. The van der Waals surface area contributed by atoms with Crippen molar-refractivity contribution < 1.29 is 9.53 Å². The maximum atomic E-state index is 13.3. The van der Waals surface area contributed by atoms with Crippen LogP contribution < -0.4 is 9.64 Å². The molecule has 2 aliphatic heterocycles. The molecule has 7 heteroatoms. The van der Waals surface area contributed by atoms with Gasteiger partial charge in [0.15, 0.2) is 5.17 Å². The number of thioether (sulfide) groups is 2. The van der Waals surface area contributed by atoms with E-state index < -0.39 is 0 Å². The summed E-state index contributed by atoms with van der Waals surface area (Å²) in [6.07, 6.45) is 4.17. The minimum atomic E-state index is -0.00668.